The van der Waals surface area contributed by atoms with Gasteiger partial charge in [0, 0.05) is 44.8 Å². The van der Waals surface area contributed by atoms with Crippen LogP contribution in [0.3, 0.4) is 0 Å². The number of aromatic nitrogens is 1. The zero-order valence-electron chi connectivity index (χ0n) is 20.0. The minimum Gasteiger partial charge on any atom is -0.497 e. The highest BCUT2D eigenvalue weighted by Crippen LogP contribution is 2.33. The van der Waals surface area contributed by atoms with Gasteiger partial charge in [-0.05, 0) is 37.2 Å². The van der Waals surface area contributed by atoms with E-state index in [-0.39, 0.29) is 11.6 Å². The summed E-state index contributed by atoms with van der Waals surface area (Å²) in [6.45, 7) is 4.55. The van der Waals surface area contributed by atoms with Crippen LogP contribution in [0.2, 0.25) is 0 Å². The quantitative estimate of drug-likeness (QED) is 0.486. The van der Waals surface area contributed by atoms with Crippen molar-refractivity contribution in [2.75, 3.05) is 54.0 Å². The molecule has 8 heteroatoms. The van der Waals surface area contributed by atoms with E-state index in [0.29, 0.717) is 35.4 Å². The fourth-order valence-electron chi connectivity index (χ4n) is 4.31. The number of amides is 1. The third-order valence-electron chi connectivity index (χ3n) is 6.20. The van der Waals surface area contributed by atoms with Crippen molar-refractivity contribution in [2.45, 2.75) is 12.5 Å². The first-order chi connectivity index (χ1) is 16.6. The Bertz CT molecular complexity index is 1090. The van der Waals surface area contributed by atoms with Gasteiger partial charge in [0.1, 0.15) is 11.5 Å². The number of carbonyl (C=O) groups excluding carboxylic acids is 1. The summed E-state index contributed by atoms with van der Waals surface area (Å²) in [6, 6.07) is 18.0. The maximum Gasteiger partial charge on any atom is 0.273 e. The number of ether oxygens (including phenoxy) is 2. The van der Waals surface area contributed by atoms with Crippen molar-refractivity contribution in [1.82, 2.24) is 20.3 Å². The van der Waals surface area contributed by atoms with E-state index in [2.05, 4.69) is 57.7 Å². The Labute approximate surface area is 200 Å². The molecule has 180 valence electrons. The maximum absolute atomic E-state index is 12.6. The smallest absolute Gasteiger partial charge is 0.273 e. The van der Waals surface area contributed by atoms with Crippen molar-refractivity contribution < 1.29 is 18.8 Å². The minimum absolute atomic E-state index is 0.238. The predicted molar refractivity (Wildman–Crippen MR) is 130 cm³/mol. The summed E-state index contributed by atoms with van der Waals surface area (Å²) in [5, 5.41) is 6.92. The Balaban J connectivity index is 1.32. The Morgan fingerprint density at radius 2 is 1.94 bits per heavy atom. The average Bonchev–Trinajstić information content (AvgIpc) is 3.37. The van der Waals surface area contributed by atoms with Crippen molar-refractivity contribution >= 4 is 5.91 Å². The molecule has 34 heavy (non-hydrogen) atoms. The van der Waals surface area contributed by atoms with Gasteiger partial charge in [-0.1, -0.05) is 35.5 Å². The molecule has 4 rings (SSSR count). The molecule has 2 heterocycles. The summed E-state index contributed by atoms with van der Waals surface area (Å²) in [5.41, 5.74) is 2.25. The lowest BCUT2D eigenvalue weighted by molar-refractivity contribution is 0.0863. The van der Waals surface area contributed by atoms with E-state index < -0.39 is 0 Å². The normalized spacial score (nSPS) is 16.9. The highest BCUT2D eigenvalue weighted by Gasteiger charge is 2.26. The van der Waals surface area contributed by atoms with Gasteiger partial charge >= 0.3 is 0 Å². The molecular weight excluding hydrogens is 432 g/mol. The van der Waals surface area contributed by atoms with E-state index in [1.807, 2.05) is 0 Å². The van der Waals surface area contributed by atoms with Crippen molar-refractivity contribution in [1.29, 1.82) is 0 Å². The van der Waals surface area contributed by atoms with Crippen LogP contribution in [0.1, 0.15) is 28.5 Å². The lowest BCUT2D eigenvalue weighted by Crippen LogP contribution is -2.47. The Kier molecular flexibility index (Phi) is 7.82. The molecule has 1 N–H and O–H groups in total. The minimum atomic E-state index is -0.255. The Morgan fingerprint density at radius 1 is 1.12 bits per heavy atom. The van der Waals surface area contributed by atoms with E-state index in [1.165, 1.54) is 5.56 Å². The van der Waals surface area contributed by atoms with E-state index in [9.17, 15) is 4.79 Å². The van der Waals surface area contributed by atoms with Gasteiger partial charge in [-0.15, -0.1) is 0 Å². The lowest BCUT2D eigenvalue weighted by Gasteiger charge is -2.40. The van der Waals surface area contributed by atoms with Crippen LogP contribution in [-0.2, 0) is 0 Å². The van der Waals surface area contributed by atoms with E-state index >= 15 is 0 Å². The number of hydrogen-bond acceptors (Lipinski definition) is 7. The largest absolute Gasteiger partial charge is 0.497 e. The van der Waals surface area contributed by atoms with Gasteiger partial charge in [0.15, 0.2) is 11.5 Å². The Hall–Kier alpha value is -3.36. The number of piperazine rings is 1. The molecule has 1 aliphatic heterocycles. The molecule has 1 unspecified atom stereocenters. The van der Waals surface area contributed by atoms with Crippen molar-refractivity contribution in [3.8, 4) is 22.8 Å². The number of benzene rings is 2. The third-order valence-corrected chi connectivity index (χ3v) is 6.20. The van der Waals surface area contributed by atoms with Crippen LogP contribution in [0.4, 0.5) is 0 Å². The van der Waals surface area contributed by atoms with Crippen LogP contribution < -0.4 is 14.8 Å². The van der Waals surface area contributed by atoms with Crippen molar-refractivity contribution in [3.05, 3.63) is 65.9 Å². The van der Waals surface area contributed by atoms with Crippen LogP contribution in [0.25, 0.3) is 11.3 Å². The molecule has 1 aromatic heterocycles. The standard InChI is InChI=1S/C26H32N4O4/c1-29-14-15-30(23(18-29)19-8-5-4-6-9-19)13-7-12-27-26(31)22-17-25(34-28-22)21-16-20(32-2)10-11-24(21)33-3/h4-6,8-11,16-17,23H,7,12-15,18H2,1-3H3,(H,27,31). The van der Waals surface area contributed by atoms with Crippen LogP contribution in [0.15, 0.2) is 59.1 Å². The molecule has 8 nitrogen and oxygen atoms in total. The summed E-state index contributed by atoms with van der Waals surface area (Å²) >= 11 is 0. The molecule has 1 amide bonds. The molecule has 0 bridgehead atoms. The SMILES string of the molecule is COc1ccc(OC)c(-c2cc(C(=O)NCCCN3CCN(C)CC3c3ccccc3)no2)c1. The number of nitrogens with one attached hydrogen (secondary N) is 1. The van der Waals surface area contributed by atoms with E-state index in [0.717, 1.165) is 32.6 Å². The van der Waals surface area contributed by atoms with Crippen LogP contribution >= 0.6 is 0 Å². The zero-order valence-corrected chi connectivity index (χ0v) is 20.0. The molecule has 2 aromatic carbocycles. The molecule has 0 spiro atoms. The second-order valence-electron chi connectivity index (χ2n) is 8.48. The number of carbonyl (C=O) groups is 1. The molecule has 1 fully saturated rings. The van der Waals surface area contributed by atoms with Crippen LogP contribution in [0.5, 0.6) is 11.5 Å². The molecule has 0 radical (unpaired) electrons. The fraction of sp³-hybridized carbons (Fsp3) is 0.385. The zero-order chi connectivity index (χ0) is 23.9. The third kappa shape index (κ3) is 5.58. The van der Waals surface area contributed by atoms with Gasteiger partial charge in [0.2, 0.25) is 0 Å². The second kappa shape index (κ2) is 11.2. The monoisotopic (exact) mass is 464 g/mol. The summed E-state index contributed by atoms with van der Waals surface area (Å²) in [6.07, 6.45) is 0.854. The number of hydrogen-bond donors (Lipinski definition) is 1. The maximum atomic E-state index is 12.6. The van der Waals surface area contributed by atoms with Crippen molar-refractivity contribution in [2.24, 2.45) is 0 Å². The second-order valence-corrected chi connectivity index (χ2v) is 8.48. The summed E-state index contributed by atoms with van der Waals surface area (Å²) in [5.74, 6) is 1.47. The molecule has 1 saturated heterocycles. The topological polar surface area (TPSA) is 80.1 Å². The van der Waals surface area contributed by atoms with E-state index in [4.69, 9.17) is 14.0 Å². The highest BCUT2D eigenvalue weighted by molar-refractivity contribution is 5.93. The molecular formula is C26H32N4O4. The van der Waals surface area contributed by atoms with E-state index in [1.54, 1.807) is 38.5 Å². The van der Waals surface area contributed by atoms with Gasteiger partial charge in [-0.2, -0.15) is 0 Å². The van der Waals surface area contributed by atoms with Gasteiger partial charge in [-0.3, -0.25) is 9.69 Å². The molecule has 3 aromatic rings. The molecule has 0 aliphatic carbocycles. The predicted octanol–water partition coefficient (Wildman–Crippen LogP) is 3.47. The number of nitrogens with zero attached hydrogens (tertiary/aromatic N) is 3. The van der Waals surface area contributed by atoms with Gasteiger partial charge in [0.05, 0.1) is 19.8 Å². The number of rotatable bonds is 9. The molecule has 0 saturated carbocycles. The number of likely N-dealkylation sites (N-methyl/N-ethyl adjacent to an activating group) is 1. The fourth-order valence-corrected chi connectivity index (χ4v) is 4.31. The highest BCUT2D eigenvalue weighted by atomic mass is 16.5. The lowest BCUT2D eigenvalue weighted by atomic mass is 10.0. The molecule has 1 aliphatic rings. The van der Waals surface area contributed by atoms with Crippen molar-refractivity contribution in [3.63, 3.8) is 0 Å². The first-order valence-corrected chi connectivity index (χ1v) is 11.5. The first kappa shape index (κ1) is 23.8. The first-order valence-electron chi connectivity index (χ1n) is 11.5. The molecule has 1 atom stereocenters. The van der Waals surface area contributed by atoms with Crippen LogP contribution in [0, 0.1) is 0 Å². The van der Waals surface area contributed by atoms with Gasteiger partial charge in [0.25, 0.3) is 5.91 Å². The summed E-state index contributed by atoms with van der Waals surface area (Å²) in [4.78, 5) is 17.5. The van der Waals surface area contributed by atoms with Gasteiger partial charge in [-0.25, -0.2) is 0 Å². The van der Waals surface area contributed by atoms with Gasteiger partial charge < -0.3 is 24.2 Å². The summed E-state index contributed by atoms with van der Waals surface area (Å²) in [7, 11) is 5.34. The summed E-state index contributed by atoms with van der Waals surface area (Å²) < 4.78 is 16.1. The number of methoxy groups -OCH3 is 2. The van der Waals surface area contributed by atoms with Crippen LogP contribution in [-0.4, -0.2) is 74.9 Å². The average molecular weight is 465 g/mol. The Morgan fingerprint density at radius 3 is 2.71 bits per heavy atom.